The van der Waals surface area contributed by atoms with Gasteiger partial charge >= 0.3 is 6.03 Å². The van der Waals surface area contributed by atoms with Gasteiger partial charge in [-0.25, -0.2) is 19.9 Å². The van der Waals surface area contributed by atoms with Gasteiger partial charge in [-0.05, 0) is 31.2 Å². The van der Waals surface area contributed by atoms with Crippen molar-refractivity contribution < 1.29 is 9.53 Å². The number of ether oxygens (including phenoxy) is 1. The summed E-state index contributed by atoms with van der Waals surface area (Å²) in [5, 5.41) is 0. The maximum absolute atomic E-state index is 12.6. The zero-order valence-corrected chi connectivity index (χ0v) is 15.3. The van der Waals surface area contributed by atoms with Crippen molar-refractivity contribution in [3.05, 3.63) is 54.9 Å². The van der Waals surface area contributed by atoms with E-state index in [0.29, 0.717) is 19.7 Å². The fourth-order valence-corrected chi connectivity index (χ4v) is 3.37. The monoisotopic (exact) mass is 365 g/mol. The standard InChI is InChI=1S/C20H23N5O2/c1-2-27-19-10-6-5-9-18(19)23-11-13-24(14-12-23)20(26)22-25-15-21-16-7-3-4-8-17(16)25/h3-10,15H,2,11-14H2,1H3,(H,22,26). The predicted octanol–water partition coefficient (Wildman–Crippen LogP) is 2.92. The molecule has 3 aromatic rings. The number of nitrogens with one attached hydrogen (secondary N) is 1. The van der Waals surface area contributed by atoms with E-state index >= 15 is 0 Å². The van der Waals surface area contributed by atoms with Gasteiger partial charge in [0.15, 0.2) is 0 Å². The second-order valence-electron chi connectivity index (χ2n) is 6.40. The molecule has 2 aromatic carbocycles. The second kappa shape index (κ2) is 7.57. The Morgan fingerprint density at radius 2 is 1.81 bits per heavy atom. The summed E-state index contributed by atoms with van der Waals surface area (Å²) in [7, 11) is 0. The first-order valence-corrected chi connectivity index (χ1v) is 9.21. The molecule has 1 N–H and O–H groups in total. The van der Waals surface area contributed by atoms with Crippen molar-refractivity contribution in [3.8, 4) is 5.75 Å². The first-order valence-electron chi connectivity index (χ1n) is 9.21. The molecule has 0 aliphatic carbocycles. The number of nitrogens with zero attached hydrogens (tertiary/aromatic N) is 4. The Balaban J connectivity index is 1.40. The van der Waals surface area contributed by atoms with Gasteiger partial charge in [0.05, 0.1) is 23.3 Å². The van der Waals surface area contributed by atoms with Gasteiger partial charge < -0.3 is 14.5 Å². The van der Waals surface area contributed by atoms with E-state index in [-0.39, 0.29) is 6.03 Å². The van der Waals surface area contributed by atoms with Crippen LogP contribution in [0.4, 0.5) is 10.5 Å². The van der Waals surface area contributed by atoms with E-state index in [1.165, 1.54) is 0 Å². The molecular formula is C20H23N5O2. The van der Waals surface area contributed by atoms with Gasteiger partial charge in [0.25, 0.3) is 0 Å². The number of aromatic nitrogens is 2. The number of urea groups is 1. The molecule has 0 atom stereocenters. The van der Waals surface area contributed by atoms with Gasteiger partial charge in [-0.3, -0.25) is 0 Å². The summed E-state index contributed by atoms with van der Waals surface area (Å²) in [5.41, 5.74) is 5.74. The van der Waals surface area contributed by atoms with Crippen LogP contribution in [-0.4, -0.2) is 53.4 Å². The van der Waals surface area contributed by atoms with Crippen LogP contribution < -0.4 is 15.1 Å². The molecule has 140 valence electrons. The summed E-state index contributed by atoms with van der Waals surface area (Å²) < 4.78 is 7.41. The van der Waals surface area contributed by atoms with Crippen LogP contribution >= 0.6 is 0 Å². The number of benzene rings is 2. The summed E-state index contributed by atoms with van der Waals surface area (Å²) >= 11 is 0. The van der Waals surface area contributed by atoms with E-state index in [4.69, 9.17) is 4.74 Å². The molecule has 1 aliphatic heterocycles. The lowest BCUT2D eigenvalue weighted by Crippen LogP contribution is -2.51. The number of rotatable bonds is 4. The molecule has 27 heavy (non-hydrogen) atoms. The van der Waals surface area contributed by atoms with Crippen molar-refractivity contribution >= 4 is 22.8 Å². The quantitative estimate of drug-likeness (QED) is 0.772. The SMILES string of the molecule is CCOc1ccccc1N1CCN(C(=O)Nn2cnc3ccccc32)CC1. The number of imidazole rings is 1. The second-order valence-corrected chi connectivity index (χ2v) is 6.40. The fraction of sp³-hybridized carbons (Fsp3) is 0.300. The van der Waals surface area contributed by atoms with Crippen LogP contribution in [-0.2, 0) is 0 Å². The van der Waals surface area contributed by atoms with Gasteiger partial charge in [-0.1, -0.05) is 24.3 Å². The fourth-order valence-electron chi connectivity index (χ4n) is 3.37. The lowest BCUT2D eigenvalue weighted by molar-refractivity contribution is 0.205. The highest BCUT2D eigenvalue weighted by Crippen LogP contribution is 2.28. The summed E-state index contributed by atoms with van der Waals surface area (Å²) in [4.78, 5) is 21.0. The molecular weight excluding hydrogens is 342 g/mol. The Kier molecular flexibility index (Phi) is 4.82. The van der Waals surface area contributed by atoms with E-state index in [1.54, 1.807) is 11.0 Å². The highest BCUT2D eigenvalue weighted by molar-refractivity contribution is 5.85. The molecule has 0 unspecified atom stereocenters. The molecule has 1 fully saturated rings. The number of fused-ring (bicyclic) bond motifs is 1. The number of carbonyl (C=O) groups excluding carboxylic acids is 1. The third-order valence-corrected chi connectivity index (χ3v) is 4.74. The topological polar surface area (TPSA) is 62.6 Å². The number of hydrogen-bond acceptors (Lipinski definition) is 4. The minimum Gasteiger partial charge on any atom is -0.492 e. The lowest BCUT2D eigenvalue weighted by Gasteiger charge is -2.36. The van der Waals surface area contributed by atoms with Crippen molar-refractivity contribution in [2.24, 2.45) is 0 Å². The molecule has 7 nitrogen and oxygen atoms in total. The van der Waals surface area contributed by atoms with Crippen molar-refractivity contribution in [2.45, 2.75) is 6.92 Å². The van der Waals surface area contributed by atoms with E-state index in [2.05, 4.69) is 21.4 Å². The Morgan fingerprint density at radius 1 is 1.07 bits per heavy atom. The van der Waals surface area contributed by atoms with Crippen LogP contribution in [0.2, 0.25) is 0 Å². The number of piperazine rings is 1. The number of hydrogen-bond donors (Lipinski definition) is 1. The molecule has 4 rings (SSSR count). The van der Waals surface area contributed by atoms with Crippen molar-refractivity contribution in [1.29, 1.82) is 0 Å². The zero-order valence-electron chi connectivity index (χ0n) is 15.3. The van der Waals surface area contributed by atoms with Gasteiger partial charge in [-0.2, -0.15) is 0 Å². The third kappa shape index (κ3) is 3.53. The Labute approximate surface area is 158 Å². The molecule has 1 aliphatic rings. The highest BCUT2D eigenvalue weighted by atomic mass is 16.5. The first-order chi connectivity index (χ1) is 13.3. The Morgan fingerprint density at radius 3 is 2.63 bits per heavy atom. The molecule has 0 bridgehead atoms. The van der Waals surface area contributed by atoms with Crippen LogP contribution in [0.15, 0.2) is 54.9 Å². The van der Waals surface area contributed by atoms with E-state index in [9.17, 15) is 4.79 Å². The van der Waals surface area contributed by atoms with Crippen LogP contribution in [0.5, 0.6) is 5.75 Å². The maximum atomic E-state index is 12.6. The van der Waals surface area contributed by atoms with Crippen LogP contribution in [0, 0.1) is 0 Å². The van der Waals surface area contributed by atoms with Crippen molar-refractivity contribution in [1.82, 2.24) is 14.6 Å². The molecule has 2 heterocycles. The molecule has 0 spiro atoms. The number of amides is 2. The van der Waals surface area contributed by atoms with E-state index in [1.807, 2.05) is 54.3 Å². The molecule has 7 heteroatoms. The first kappa shape index (κ1) is 17.2. The van der Waals surface area contributed by atoms with Gasteiger partial charge in [0.2, 0.25) is 0 Å². The van der Waals surface area contributed by atoms with Crippen LogP contribution in [0.25, 0.3) is 11.0 Å². The Hall–Kier alpha value is -3.22. The van der Waals surface area contributed by atoms with Crippen molar-refractivity contribution in [2.75, 3.05) is 43.1 Å². The van der Waals surface area contributed by atoms with Gasteiger partial charge in [0, 0.05) is 26.2 Å². The van der Waals surface area contributed by atoms with Crippen LogP contribution in [0.3, 0.4) is 0 Å². The van der Waals surface area contributed by atoms with Gasteiger partial charge in [-0.15, -0.1) is 0 Å². The molecule has 2 amide bonds. The summed E-state index contributed by atoms with van der Waals surface area (Å²) in [6.07, 6.45) is 1.64. The average molecular weight is 365 g/mol. The molecule has 0 radical (unpaired) electrons. The molecule has 0 saturated carbocycles. The molecule has 1 saturated heterocycles. The molecule has 1 aromatic heterocycles. The normalized spacial score (nSPS) is 14.4. The predicted molar refractivity (Wildman–Crippen MR) is 106 cm³/mol. The Bertz CT molecular complexity index is 931. The summed E-state index contributed by atoms with van der Waals surface area (Å²) in [6.45, 7) is 5.46. The van der Waals surface area contributed by atoms with E-state index in [0.717, 1.165) is 35.6 Å². The van der Waals surface area contributed by atoms with Crippen LogP contribution in [0.1, 0.15) is 6.92 Å². The zero-order chi connectivity index (χ0) is 18.6. The van der Waals surface area contributed by atoms with Gasteiger partial charge in [0.1, 0.15) is 12.1 Å². The minimum atomic E-state index is -0.115. The highest BCUT2D eigenvalue weighted by Gasteiger charge is 2.23. The maximum Gasteiger partial charge on any atom is 0.336 e. The van der Waals surface area contributed by atoms with E-state index < -0.39 is 0 Å². The summed E-state index contributed by atoms with van der Waals surface area (Å²) in [5.74, 6) is 0.891. The largest absolute Gasteiger partial charge is 0.492 e. The number of para-hydroxylation sites is 4. The smallest absolute Gasteiger partial charge is 0.336 e. The minimum absolute atomic E-state index is 0.115. The number of carbonyl (C=O) groups is 1. The van der Waals surface area contributed by atoms with Crippen molar-refractivity contribution in [3.63, 3.8) is 0 Å². The summed E-state index contributed by atoms with van der Waals surface area (Å²) in [6, 6.07) is 15.7. The number of anilines is 1. The lowest BCUT2D eigenvalue weighted by atomic mass is 10.2. The third-order valence-electron chi connectivity index (χ3n) is 4.74. The average Bonchev–Trinajstić information content (AvgIpc) is 3.12.